The zero-order valence-electron chi connectivity index (χ0n) is 19.0. The SMILES string of the molecule is CCCCn1c(CN2C(=O)C3(CN(C(=O)C4CC4)C3)c3ccccc32)nc2c1CCCC2. The average molecular weight is 433 g/mol. The molecule has 3 heterocycles. The summed E-state index contributed by atoms with van der Waals surface area (Å²) < 4.78 is 2.41. The predicted molar refractivity (Wildman–Crippen MR) is 122 cm³/mol. The molecule has 6 rings (SSSR count). The van der Waals surface area contributed by atoms with Gasteiger partial charge < -0.3 is 14.4 Å². The number of carbonyl (C=O) groups is 2. The molecule has 1 aromatic carbocycles. The van der Waals surface area contributed by atoms with Crippen LogP contribution in [0.2, 0.25) is 0 Å². The number of aromatic nitrogens is 2. The van der Waals surface area contributed by atoms with Crippen LogP contribution in [0.4, 0.5) is 5.69 Å². The van der Waals surface area contributed by atoms with E-state index in [-0.39, 0.29) is 17.7 Å². The van der Waals surface area contributed by atoms with E-state index in [1.807, 2.05) is 21.9 Å². The van der Waals surface area contributed by atoms with Gasteiger partial charge in [-0.2, -0.15) is 0 Å². The number of benzene rings is 1. The third-order valence-electron chi connectivity index (χ3n) is 7.87. The molecule has 2 fully saturated rings. The van der Waals surface area contributed by atoms with Crippen LogP contribution in [-0.2, 0) is 40.9 Å². The normalized spacial score (nSPS) is 21.0. The van der Waals surface area contributed by atoms with E-state index in [1.165, 1.54) is 24.2 Å². The summed E-state index contributed by atoms with van der Waals surface area (Å²) in [6.07, 6.45) is 8.86. The summed E-state index contributed by atoms with van der Waals surface area (Å²) in [5.74, 6) is 1.60. The molecule has 2 aliphatic heterocycles. The molecule has 4 aliphatic rings. The van der Waals surface area contributed by atoms with Crippen LogP contribution in [0, 0.1) is 5.92 Å². The highest BCUT2D eigenvalue weighted by molar-refractivity contribution is 6.10. The van der Waals surface area contributed by atoms with Gasteiger partial charge in [-0.25, -0.2) is 4.98 Å². The Morgan fingerprint density at radius 2 is 1.94 bits per heavy atom. The molecule has 6 heteroatoms. The molecule has 0 radical (unpaired) electrons. The van der Waals surface area contributed by atoms with Crippen LogP contribution in [0.25, 0.3) is 0 Å². The molecule has 1 saturated heterocycles. The molecule has 1 spiro atoms. The smallest absolute Gasteiger partial charge is 0.241 e. The van der Waals surface area contributed by atoms with Gasteiger partial charge in [-0.3, -0.25) is 9.59 Å². The largest absolute Gasteiger partial charge is 0.339 e. The molecular weight excluding hydrogens is 400 g/mol. The van der Waals surface area contributed by atoms with Crippen LogP contribution in [0.3, 0.4) is 0 Å². The molecule has 1 saturated carbocycles. The number of nitrogens with zero attached hydrogens (tertiary/aromatic N) is 4. The summed E-state index contributed by atoms with van der Waals surface area (Å²) >= 11 is 0. The fourth-order valence-corrected chi connectivity index (χ4v) is 5.91. The Balaban J connectivity index is 1.31. The van der Waals surface area contributed by atoms with Crippen molar-refractivity contribution in [1.29, 1.82) is 0 Å². The number of rotatable bonds is 6. The zero-order valence-corrected chi connectivity index (χ0v) is 19.0. The Bertz CT molecular complexity index is 1080. The van der Waals surface area contributed by atoms with Gasteiger partial charge in [0.05, 0.1) is 12.2 Å². The Morgan fingerprint density at radius 1 is 1.16 bits per heavy atom. The highest BCUT2D eigenvalue weighted by Gasteiger charge is 2.60. The number of amides is 2. The molecule has 0 N–H and O–H groups in total. The van der Waals surface area contributed by atoms with Crippen molar-refractivity contribution in [2.45, 2.75) is 76.8 Å². The third-order valence-corrected chi connectivity index (χ3v) is 7.87. The zero-order chi connectivity index (χ0) is 21.9. The fraction of sp³-hybridized carbons (Fsp3) is 0.577. The Hall–Kier alpha value is -2.63. The highest BCUT2D eigenvalue weighted by Crippen LogP contribution is 2.49. The van der Waals surface area contributed by atoms with Gasteiger partial charge in [0.2, 0.25) is 11.8 Å². The van der Waals surface area contributed by atoms with E-state index in [0.717, 1.165) is 62.1 Å². The van der Waals surface area contributed by atoms with Crippen LogP contribution >= 0.6 is 0 Å². The van der Waals surface area contributed by atoms with Crippen molar-refractivity contribution in [2.75, 3.05) is 18.0 Å². The summed E-state index contributed by atoms with van der Waals surface area (Å²) in [6.45, 7) is 4.76. The maximum Gasteiger partial charge on any atom is 0.241 e. The fourth-order valence-electron chi connectivity index (χ4n) is 5.91. The standard InChI is InChI=1S/C26H32N4O2/c1-2-3-14-29-22-11-7-5-9-20(22)27-23(29)15-30-21-10-6-4-8-19(21)26(25(30)32)16-28(17-26)24(31)18-12-13-18/h4,6,8,10,18H,2-3,5,7,9,11-17H2,1H3. The predicted octanol–water partition coefficient (Wildman–Crippen LogP) is 3.60. The number of imidazole rings is 1. The van der Waals surface area contributed by atoms with Gasteiger partial charge in [-0.15, -0.1) is 0 Å². The number of likely N-dealkylation sites (tertiary alicyclic amines) is 1. The summed E-state index contributed by atoms with van der Waals surface area (Å²) in [6, 6.07) is 8.18. The minimum Gasteiger partial charge on any atom is -0.339 e. The first-order valence-electron chi connectivity index (χ1n) is 12.4. The number of fused-ring (bicyclic) bond motifs is 3. The first-order valence-corrected chi connectivity index (χ1v) is 12.4. The van der Waals surface area contributed by atoms with E-state index in [2.05, 4.69) is 23.6 Å². The van der Waals surface area contributed by atoms with E-state index >= 15 is 0 Å². The molecule has 2 aromatic rings. The summed E-state index contributed by atoms with van der Waals surface area (Å²) in [4.78, 5) is 35.3. The summed E-state index contributed by atoms with van der Waals surface area (Å²) in [7, 11) is 0. The number of anilines is 1. The van der Waals surface area contributed by atoms with Gasteiger partial charge in [0.15, 0.2) is 0 Å². The second-order valence-corrected chi connectivity index (χ2v) is 10.1. The summed E-state index contributed by atoms with van der Waals surface area (Å²) in [5, 5.41) is 0. The lowest BCUT2D eigenvalue weighted by Crippen LogP contribution is -2.65. The minimum absolute atomic E-state index is 0.140. The molecule has 6 nitrogen and oxygen atoms in total. The lowest BCUT2D eigenvalue weighted by atomic mass is 9.74. The average Bonchev–Trinajstić information content (AvgIpc) is 3.53. The lowest BCUT2D eigenvalue weighted by molar-refractivity contribution is -0.145. The van der Waals surface area contributed by atoms with Crippen molar-refractivity contribution in [3.63, 3.8) is 0 Å². The number of hydrogen-bond acceptors (Lipinski definition) is 3. The van der Waals surface area contributed by atoms with Crippen molar-refractivity contribution in [2.24, 2.45) is 5.92 Å². The van der Waals surface area contributed by atoms with E-state index in [4.69, 9.17) is 4.98 Å². The maximum atomic E-state index is 13.8. The Morgan fingerprint density at radius 3 is 2.72 bits per heavy atom. The molecule has 2 amide bonds. The topological polar surface area (TPSA) is 58.4 Å². The van der Waals surface area contributed by atoms with Gasteiger partial charge in [0.25, 0.3) is 0 Å². The van der Waals surface area contributed by atoms with Crippen molar-refractivity contribution in [1.82, 2.24) is 14.5 Å². The first-order chi connectivity index (χ1) is 15.6. The van der Waals surface area contributed by atoms with Crippen LogP contribution < -0.4 is 4.90 Å². The molecule has 0 bridgehead atoms. The van der Waals surface area contributed by atoms with Gasteiger partial charge in [0, 0.05) is 36.9 Å². The number of unbranched alkanes of at least 4 members (excludes halogenated alkanes) is 1. The number of aryl methyl sites for hydroxylation is 1. The second-order valence-electron chi connectivity index (χ2n) is 10.1. The van der Waals surface area contributed by atoms with Crippen LogP contribution in [-0.4, -0.2) is 39.4 Å². The molecular formula is C26H32N4O2. The van der Waals surface area contributed by atoms with E-state index in [9.17, 15) is 9.59 Å². The maximum absolute atomic E-state index is 13.8. The molecule has 32 heavy (non-hydrogen) atoms. The van der Waals surface area contributed by atoms with E-state index < -0.39 is 5.41 Å². The Kier molecular flexibility index (Phi) is 4.67. The van der Waals surface area contributed by atoms with E-state index in [1.54, 1.807) is 0 Å². The number of hydrogen-bond donors (Lipinski definition) is 0. The van der Waals surface area contributed by atoms with Crippen molar-refractivity contribution in [3.8, 4) is 0 Å². The Labute approximate surface area is 189 Å². The van der Waals surface area contributed by atoms with Crippen molar-refractivity contribution < 1.29 is 9.59 Å². The van der Waals surface area contributed by atoms with Gasteiger partial charge >= 0.3 is 0 Å². The van der Waals surface area contributed by atoms with Gasteiger partial charge in [0.1, 0.15) is 11.2 Å². The molecule has 0 unspecified atom stereocenters. The third kappa shape index (κ3) is 2.95. The highest BCUT2D eigenvalue weighted by atomic mass is 16.2. The quantitative estimate of drug-likeness (QED) is 0.701. The lowest BCUT2D eigenvalue weighted by Gasteiger charge is -2.47. The van der Waals surface area contributed by atoms with Crippen molar-refractivity contribution >= 4 is 17.5 Å². The van der Waals surface area contributed by atoms with Crippen LogP contribution in [0.1, 0.15) is 68.2 Å². The summed E-state index contributed by atoms with van der Waals surface area (Å²) in [5.41, 5.74) is 4.14. The molecule has 0 atom stereocenters. The number of carbonyl (C=O) groups excluding carboxylic acids is 2. The van der Waals surface area contributed by atoms with Crippen LogP contribution in [0.5, 0.6) is 0 Å². The number of para-hydroxylation sites is 1. The van der Waals surface area contributed by atoms with Gasteiger partial charge in [-0.1, -0.05) is 31.5 Å². The van der Waals surface area contributed by atoms with Gasteiger partial charge in [-0.05, 0) is 56.6 Å². The van der Waals surface area contributed by atoms with Crippen LogP contribution in [0.15, 0.2) is 24.3 Å². The molecule has 1 aromatic heterocycles. The van der Waals surface area contributed by atoms with Crippen molar-refractivity contribution in [3.05, 3.63) is 47.0 Å². The first kappa shape index (κ1) is 20.0. The molecule has 168 valence electrons. The second kappa shape index (κ2) is 7.46. The van der Waals surface area contributed by atoms with E-state index in [0.29, 0.717) is 19.6 Å². The molecule has 2 aliphatic carbocycles. The monoisotopic (exact) mass is 432 g/mol. The minimum atomic E-state index is -0.568.